The van der Waals surface area contributed by atoms with E-state index in [0.717, 1.165) is 41.4 Å². The summed E-state index contributed by atoms with van der Waals surface area (Å²) in [6.45, 7) is 5.42. The van der Waals surface area contributed by atoms with Gasteiger partial charge in [0.15, 0.2) is 10.9 Å². The van der Waals surface area contributed by atoms with Crippen molar-refractivity contribution in [3.63, 3.8) is 0 Å². The molecular formula is C24H26N4O3S. The van der Waals surface area contributed by atoms with Crippen LogP contribution < -0.4 is 4.74 Å². The van der Waals surface area contributed by atoms with Crippen LogP contribution in [0.15, 0.2) is 64.6 Å². The van der Waals surface area contributed by atoms with Gasteiger partial charge in [0.25, 0.3) is 0 Å². The van der Waals surface area contributed by atoms with Crippen LogP contribution in [0.3, 0.4) is 0 Å². The van der Waals surface area contributed by atoms with Crippen LogP contribution in [0, 0.1) is 13.8 Å². The first-order chi connectivity index (χ1) is 15.5. The summed E-state index contributed by atoms with van der Waals surface area (Å²) in [6, 6.07) is 13.8. The Bertz CT molecular complexity index is 1180. The molecule has 0 saturated heterocycles. The number of Topliss-reactive ketones (excluding diaryl/α,β-unsaturated/α-hetero) is 1. The second kappa shape index (κ2) is 9.91. The maximum absolute atomic E-state index is 13.0. The van der Waals surface area contributed by atoms with Crippen LogP contribution in [0.4, 0.5) is 0 Å². The van der Waals surface area contributed by atoms with Gasteiger partial charge in [0.1, 0.15) is 17.8 Å². The molecule has 0 aliphatic rings. The molecule has 0 aliphatic heterocycles. The average Bonchev–Trinajstić information content (AvgIpc) is 3.54. The predicted molar refractivity (Wildman–Crippen MR) is 123 cm³/mol. The van der Waals surface area contributed by atoms with Gasteiger partial charge in [-0.1, -0.05) is 23.9 Å². The van der Waals surface area contributed by atoms with Gasteiger partial charge in [-0.15, -0.1) is 10.2 Å². The minimum Gasteiger partial charge on any atom is -0.497 e. The third-order valence-electron chi connectivity index (χ3n) is 5.48. The van der Waals surface area contributed by atoms with Crippen molar-refractivity contribution in [1.29, 1.82) is 0 Å². The van der Waals surface area contributed by atoms with E-state index in [1.165, 1.54) is 17.3 Å². The van der Waals surface area contributed by atoms with Crippen LogP contribution in [-0.2, 0) is 19.5 Å². The Hall–Kier alpha value is -3.26. The molecule has 0 unspecified atom stereocenters. The number of rotatable bonds is 10. The number of thioether (sulfide) groups is 1. The zero-order chi connectivity index (χ0) is 22.5. The summed E-state index contributed by atoms with van der Waals surface area (Å²) >= 11 is 1.39. The van der Waals surface area contributed by atoms with Crippen LogP contribution in [-0.4, -0.2) is 38.0 Å². The number of aryl methyl sites for hydroxylation is 2. The predicted octanol–water partition coefficient (Wildman–Crippen LogP) is 4.56. The van der Waals surface area contributed by atoms with E-state index in [0.29, 0.717) is 17.5 Å². The van der Waals surface area contributed by atoms with Gasteiger partial charge < -0.3 is 18.3 Å². The van der Waals surface area contributed by atoms with E-state index in [1.807, 2.05) is 48.7 Å². The van der Waals surface area contributed by atoms with Crippen molar-refractivity contribution in [3.05, 3.63) is 83.3 Å². The summed E-state index contributed by atoms with van der Waals surface area (Å²) in [5.74, 6) is 2.07. The fraction of sp³-hybridized carbons (Fsp3) is 0.292. The summed E-state index contributed by atoms with van der Waals surface area (Å²) in [5.41, 5.74) is 4.09. The van der Waals surface area contributed by atoms with Crippen molar-refractivity contribution < 1.29 is 13.9 Å². The molecule has 0 fully saturated rings. The van der Waals surface area contributed by atoms with Crippen molar-refractivity contribution >= 4 is 17.5 Å². The highest BCUT2D eigenvalue weighted by atomic mass is 32.2. The topological polar surface area (TPSA) is 75.1 Å². The molecule has 0 N–H and O–H groups in total. The van der Waals surface area contributed by atoms with E-state index in [-0.39, 0.29) is 5.78 Å². The van der Waals surface area contributed by atoms with Crippen LogP contribution in [0.25, 0.3) is 0 Å². The minimum absolute atomic E-state index is 0.0892. The Morgan fingerprint density at radius 3 is 2.72 bits per heavy atom. The number of furan rings is 1. The van der Waals surface area contributed by atoms with Crippen molar-refractivity contribution in [2.45, 2.75) is 38.5 Å². The zero-order valence-electron chi connectivity index (χ0n) is 18.4. The molecule has 166 valence electrons. The van der Waals surface area contributed by atoms with Gasteiger partial charge in [-0.3, -0.25) is 4.79 Å². The number of benzene rings is 1. The highest BCUT2D eigenvalue weighted by Crippen LogP contribution is 2.22. The molecule has 4 rings (SSSR count). The fourth-order valence-electron chi connectivity index (χ4n) is 3.70. The molecule has 0 radical (unpaired) electrons. The normalized spacial score (nSPS) is 11.1. The molecule has 3 heterocycles. The highest BCUT2D eigenvalue weighted by Gasteiger charge is 2.17. The van der Waals surface area contributed by atoms with E-state index < -0.39 is 0 Å². The number of hydrogen-bond acceptors (Lipinski definition) is 6. The SMILES string of the molecule is COc1ccc(CCn2c(C)cc(C(=O)CSc3nncn3Cc3ccco3)c2C)cc1. The molecule has 0 saturated carbocycles. The molecule has 4 aromatic rings. The molecular weight excluding hydrogens is 424 g/mol. The molecule has 1 aromatic carbocycles. The maximum atomic E-state index is 13.0. The maximum Gasteiger partial charge on any atom is 0.191 e. The number of carbonyl (C=O) groups excluding carboxylic acids is 1. The number of hydrogen-bond donors (Lipinski definition) is 0. The van der Waals surface area contributed by atoms with Gasteiger partial charge in [0.2, 0.25) is 0 Å². The van der Waals surface area contributed by atoms with Crippen molar-refractivity contribution in [3.8, 4) is 5.75 Å². The Kier molecular flexibility index (Phi) is 6.80. The number of methoxy groups -OCH3 is 1. The Balaban J connectivity index is 1.38. The van der Waals surface area contributed by atoms with Crippen LogP contribution >= 0.6 is 11.8 Å². The van der Waals surface area contributed by atoms with Gasteiger partial charge in [-0.25, -0.2) is 0 Å². The number of aromatic nitrogens is 4. The lowest BCUT2D eigenvalue weighted by Crippen LogP contribution is -2.09. The first-order valence-corrected chi connectivity index (χ1v) is 11.4. The lowest BCUT2D eigenvalue weighted by molar-refractivity contribution is 0.102. The third kappa shape index (κ3) is 4.96. The molecule has 8 heteroatoms. The zero-order valence-corrected chi connectivity index (χ0v) is 19.3. The molecule has 0 atom stereocenters. The Labute approximate surface area is 191 Å². The first-order valence-electron chi connectivity index (χ1n) is 10.4. The third-order valence-corrected chi connectivity index (χ3v) is 6.46. The van der Waals surface area contributed by atoms with Crippen molar-refractivity contribution in [1.82, 2.24) is 19.3 Å². The summed E-state index contributed by atoms with van der Waals surface area (Å²) in [4.78, 5) is 13.0. The number of ether oxygens (including phenoxy) is 1. The monoisotopic (exact) mass is 450 g/mol. The fourth-order valence-corrected chi connectivity index (χ4v) is 4.50. The highest BCUT2D eigenvalue weighted by molar-refractivity contribution is 7.99. The summed E-state index contributed by atoms with van der Waals surface area (Å²) in [6.07, 6.45) is 4.18. The second-order valence-electron chi connectivity index (χ2n) is 7.57. The van der Waals surface area contributed by atoms with E-state index in [2.05, 4.69) is 26.9 Å². The lowest BCUT2D eigenvalue weighted by Gasteiger charge is -2.10. The molecule has 0 amide bonds. The Morgan fingerprint density at radius 2 is 2.00 bits per heavy atom. The van der Waals surface area contributed by atoms with Crippen LogP contribution in [0.1, 0.15) is 33.1 Å². The smallest absolute Gasteiger partial charge is 0.191 e. The number of carbonyl (C=O) groups is 1. The average molecular weight is 451 g/mol. The van der Waals surface area contributed by atoms with E-state index >= 15 is 0 Å². The summed E-state index contributed by atoms with van der Waals surface area (Å²) in [5, 5.41) is 8.83. The van der Waals surface area contributed by atoms with Crippen LogP contribution in [0.2, 0.25) is 0 Å². The van der Waals surface area contributed by atoms with Crippen LogP contribution in [0.5, 0.6) is 5.75 Å². The molecule has 0 aliphatic carbocycles. The second-order valence-corrected chi connectivity index (χ2v) is 8.51. The summed E-state index contributed by atoms with van der Waals surface area (Å²) in [7, 11) is 1.67. The van der Waals surface area contributed by atoms with Crippen molar-refractivity contribution in [2.75, 3.05) is 12.9 Å². The molecule has 7 nitrogen and oxygen atoms in total. The molecule has 0 spiro atoms. The summed E-state index contributed by atoms with van der Waals surface area (Å²) < 4.78 is 14.7. The van der Waals surface area contributed by atoms with E-state index in [1.54, 1.807) is 19.7 Å². The van der Waals surface area contributed by atoms with E-state index in [4.69, 9.17) is 9.15 Å². The van der Waals surface area contributed by atoms with Gasteiger partial charge >= 0.3 is 0 Å². The first kappa shape index (κ1) is 22.0. The van der Waals surface area contributed by atoms with Crippen molar-refractivity contribution in [2.24, 2.45) is 0 Å². The van der Waals surface area contributed by atoms with E-state index in [9.17, 15) is 4.79 Å². The number of ketones is 1. The van der Waals surface area contributed by atoms with Gasteiger partial charge in [-0.2, -0.15) is 0 Å². The minimum atomic E-state index is 0.0892. The Morgan fingerprint density at radius 1 is 1.19 bits per heavy atom. The lowest BCUT2D eigenvalue weighted by atomic mass is 10.1. The number of nitrogens with zero attached hydrogens (tertiary/aromatic N) is 4. The quantitative estimate of drug-likeness (QED) is 0.260. The molecule has 3 aromatic heterocycles. The largest absolute Gasteiger partial charge is 0.497 e. The standard InChI is InChI=1S/C24H26N4O3S/c1-17-13-22(18(2)28(17)11-10-19-6-8-20(30-3)9-7-19)23(29)15-32-24-26-25-16-27(24)14-21-5-4-12-31-21/h4-9,12-13,16H,10-11,14-15H2,1-3H3. The van der Waals surface area contributed by atoms with Gasteiger partial charge in [0.05, 0.1) is 25.7 Å². The molecule has 32 heavy (non-hydrogen) atoms. The van der Waals surface area contributed by atoms with Gasteiger partial charge in [-0.05, 0) is 56.2 Å². The molecule has 0 bridgehead atoms. The van der Waals surface area contributed by atoms with Gasteiger partial charge in [0, 0.05) is 23.5 Å².